The quantitative estimate of drug-likeness (QED) is 0.160. The number of nitrogen functional groups attached to an aromatic ring is 1. The van der Waals surface area contributed by atoms with E-state index in [2.05, 4.69) is 20.4 Å². The molecule has 36 heavy (non-hydrogen) atoms. The Labute approximate surface area is 216 Å². The minimum Gasteiger partial charge on any atom is -0.477 e. The first-order chi connectivity index (χ1) is 17.4. The summed E-state index contributed by atoms with van der Waals surface area (Å²) in [7, 11) is 0. The van der Waals surface area contributed by atoms with Crippen molar-refractivity contribution < 1.29 is 28.9 Å². The summed E-state index contributed by atoms with van der Waals surface area (Å²) in [6, 6.07) is 1.00. The number of thioether (sulfide) groups is 1. The number of nitrogens with zero attached hydrogens (tertiary/aromatic N) is 5. The molecule has 4 N–H and O–H groups in total. The fourth-order valence-electron chi connectivity index (χ4n) is 3.91. The highest BCUT2D eigenvalue weighted by Gasteiger charge is 2.54. The molecule has 0 spiro atoms. The number of pyridine rings is 1. The summed E-state index contributed by atoms with van der Waals surface area (Å²) in [6.07, 6.45) is 3.70. The van der Waals surface area contributed by atoms with Crippen LogP contribution in [0.2, 0.25) is 0 Å². The van der Waals surface area contributed by atoms with E-state index in [1.165, 1.54) is 28.0 Å². The summed E-state index contributed by atoms with van der Waals surface area (Å²) >= 11 is 4.05. The molecule has 0 aromatic carbocycles. The van der Waals surface area contributed by atoms with Gasteiger partial charge >= 0.3 is 5.97 Å². The molecule has 1 fully saturated rings. The van der Waals surface area contributed by atoms with E-state index in [9.17, 15) is 19.5 Å². The van der Waals surface area contributed by atoms with Crippen molar-refractivity contribution in [3.8, 4) is 0 Å². The fourth-order valence-corrected chi connectivity index (χ4v) is 6.44. The van der Waals surface area contributed by atoms with E-state index in [1.54, 1.807) is 17.8 Å². The number of carboxylic acid groups (broad SMARTS) is 1. The van der Waals surface area contributed by atoms with Crippen molar-refractivity contribution in [2.75, 3.05) is 18.1 Å². The molecule has 186 valence electrons. The third kappa shape index (κ3) is 4.40. The van der Waals surface area contributed by atoms with Crippen LogP contribution in [0.15, 0.2) is 45.8 Å². The highest BCUT2D eigenvalue weighted by Crippen LogP contribution is 2.40. The number of carboxylic acids is 1. The summed E-state index contributed by atoms with van der Waals surface area (Å²) in [5.41, 5.74) is 8.89. The standard InChI is InChI=1S/C21H19N7O5S3/c1-2-33-26-14(12-8-35-21(22)24-12)17(29)25-15-18(30)28-16(20(31)32)10(7-34-19(15)28)5-27-4-3-13-11(6-27)23-9-36-13/h3-4,6,8-9,15,19H,2,5,7H2,1H3,(H3-,22,24,25,29,31,32)/p+1/b26-14-/t15?,19-/m1/s1. The van der Waals surface area contributed by atoms with Gasteiger partial charge in [0.05, 0.1) is 10.2 Å². The minimum absolute atomic E-state index is 0.0596. The van der Waals surface area contributed by atoms with Crippen LogP contribution in [0, 0.1) is 0 Å². The Morgan fingerprint density at radius 1 is 1.42 bits per heavy atom. The molecule has 2 atom stereocenters. The predicted octanol–water partition coefficient (Wildman–Crippen LogP) is 0.802. The number of carbonyl (C=O) groups excluding carboxylic acids is 2. The first-order valence-corrected chi connectivity index (χ1v) is 13.5. The molecule has 1 saturated heterocycles. The number of fused-ring (bicyclic) bond motifs is 2. The Hall–Kier alpha value is -3.56. The third-order valence-electron chi connectivity index (χ3n) is 5.50. The van der Waals surface area contributed by atoms with E-state index in [-0.39, 0.29) is 28.8 Å². The van der Waals surface area contributed by atoms with Crippen molar-refractivity contribution in [3.63, 3.8) is 0 Å². The van der Waals surface area contributed by atoms with Gasteiger partial charge in [-0.15, -0.1) is 34.4 Å². The van der Waals surface area contributed by atoms with Crippen LogP contribution < -0.4 is 15.6 Å². The molecule has 3 aromatic heterocycles. The van der Waals surface area contributed by atoms with Crippen molar-refractivity contribution in [2.24, 2.45) is 5.16 Å². The lowest BCUT2D eigenvalue weighted by Crippen LogP contribution is -2.71. The number of β-lactam (4-membered cyclic amide) rings is 1. The Balaban J connectivity index is 1.35. The second-order valence-corrected chi connectivity index (χ2v) is 10.6. The highest BCUT2D eigenvalue weighted by molar-refractivity contribution is 8.00. The van der Waals surface area contributed by atoms with Crippen LogP contribution in [-0.2, 0) is 25.8 Å². The molecular weight excluding hydrogens is 526 g/mol. The predicted molar refractivity (Wildman–Crippen MR) is 134 cm³/mol. The van der Waals surface area contributed by atoms with Gasteiger partial charge in [-0.1, -0.05) is 5.16 Å². The molecular formula is C21H20N7O5S3+. The number of hydrogen-bond donors (Lipinski definition) is 3. The minimum atomic E-state index is -1.19. The normalized spacial score (nSPS) is 19.8. The van der Waals surface area contributed by atoms with Gasteiger partial charge in [0.15, 0.2) is 29.8 Å². The lowest BCUT2D eigenvalue weighted by atomic mass is 10.0. The van der Waals surface area contributed by atoms with Gasteiger partial charge in [0, 0.05) is 22.8 Å². The third-order valence-corrected chi connectivity index (χ3v) is 8.33. The van der Waals surface area contributed by atoms with Crippen molar-refractivity contribution >= 4 is 73.3 Å². The van der Waals surface area contributed by atoms with Gasteiger partial charge < -0.3 is 21.0 Å². The smallest absolute Gasteiger partial charge is 0.352 e. The first-order valence-electron chi connectivity index (χ1n) is 10.7. The average Bonchev–Trinajstić information content (AvgIpc) is 3.50. The lowest BCUT2D eigenvalue weighted by Gasteiger charge is -2.49. The molecule has 0 aliphatic carbocycles. The number of aromatic nitrogens is 3. The van der Waals surface area contributed by atoms with Gasteiger partial charge in [0.2, 0.25) is 0 Å². The Bertz CT molecular complexity index is 1430. The largest absolute Gasteiger partial charge is 0.477 e. The number of carbonyl (C=O) groups is 3. The van der Waals surface area contributed by atoms with Crippen molar-refractivity contribution in [1.29, 1.82) is 0 Å². The molecule has 2 aliphatic heterocycles. The molecule has 2 amide bonds. The van der Waals surface area contributed by atoms with Gasteiger partial charge in [0.1, 0.15) is 34.9 Å². The summed E-state index contributed by atoms with van der Waals surface area (Å²) < 4.78 is 2.88. The number of nitrogens with one attached hydrogen (secondary N) is 1. The zero-order chi connectivity index (χ0) is 25.4. The molecule has 0 bridgehead atoms. The molecule has 12 nitrogen and oxygen atoms in total. The lowest BCUT2D eigenvalue weighted by molar-refractivity contribution is -0.687. The van der Waals surface area contributed by atoms with Crippen LogP contribution in [0.3, 0.4) is 0 Å². The van der Waals surface area contributed by atoms with Crippen LogP contribution in [0.25, 0.3) is 10.2 Å². The molecule has 5 heterocycles. The SMILES string of the molecule is CCO/N=C(\C(=O)NC1C(=O)N2C(C(=O)O)=C(C[n+]3ccc4scnc4c3)CS[C@H]12)c1csc(N)n1. The molecule has 0 radical (unpaired) electrons. The summed E-state index contributed by atoms with van der Waals surface area (Å²) in [6.45, 7) is 2.24. The maximum Gasteiger partial charge on any atom is 0.352 e. The van der Waals surface area contributed by atoms with E-state index in [0.29, 0.717) is 17.9 Å². The highest BCUT2D eigenvalue weighted by atomic mass is 32.2. The van der Waals surface area contributed by atoms with E-state index in [4.69, 9.17) is 10.6 Å². The summed E-state index contributed by atoms with van der Waals surface area (Å²) in [5, 5.41) is 17.7. The van der Waals surface area contributed by atoms with Gasteiger partial charge in [-0.05, 0) is 6.92 Å². The molecule has 0 saturated carbocycles. The Morgan fingerprint density at radius 3 is 2.97 bits per heavy atom. The molecule has 1 unspecified atom stereocenters. The Morgan fingerprint density at radius 2 is 2.25 bits per heavy atom. The number of nitrogens with two attached hydrogens (primary N) is 1. The maximum absolute atomic E-state index is 13.0. The second-order valence-electron chi connectivity index (χ2n) is 7.77. The number of anilines is 1. The number of amides is 2. The van der Waals surface area contributed by atoms with E-state index < -0.39 is 29.2 Å². The van der Waals surface area contributed by atoms with Crippen LogP contribution in [0.1, 0.15) is 12.6 Å². The van der Waals surface area contributed by atoms with Gasteiger partial charge in [-0.2, -0.15) is 4.57 Å². The van der Waals surface area contributed by atoms with E-state index in [1.807, 2.05) is 23.0 Å². The number of oxime groups is 1. The number of aliphatic carboxylic acids is 1. The maximum atomic E-state index is 13.0. The topological polar surface area (TPSA) is 164 Å². The van der Waals surface area contributed by atoms with Crippen molar-refractivity contribution in [3.05, 3.63) is 46.3 Å². The Kier molecular flexibility index (Phi) is 6.59. The van der Waals surface area contributed by atoms with E-state index in [0.717, 1.165) is 21.6 Å². The van der Waals surface area contributed by atoms with Gasteiger partial charge in [-0.25, -0.2) is 14.8 Å². The van der Waals surface area contributed by atoms with Gasteiger partial charge in [0.25, 0.3) is 11.8 Å². The van der Waals surface area contributed by atoms with E-state index >= 15 is 0 Å². The summed E-state index contributed by atoms with van der Waals surface area (Å²) in [5.74, 6) is -1.98. The molecule has 5 rings (SSSR count). The number of thiazole rings is 2. The zero-order valence-corrected chi connectivity index (χ0v) is 21.2. The molecule has 2 aliphatic rings. The molecule has 15 heteroatoms. The summed E-state index contributed by atoms with van der Waals surface area (Å²) in [4.78, 5) is 52.8. The number of rotatable bonds is 8. The fraction of sp³-hybridized carbons (Fsp3) is 0.286. The van der Waals surface area contributed by atoms with Crippen molar-refractivity contribution in [1.82, 2.24) is 20.2 Å². The van der Waals surface area contributed by atoms with Crippen LogP contribution in [-0.4, -0.2) is 67.2 Å². The monoisotopic (exact) mass is 546 g/mol. The van der Waals surface area contributed by atoms with Crippen molar-refractivity contribution in [2.45, 2.75) is 24.9 Å². The average molecular weight is 547 g/mol. The first kappa shape index (κ1) is 24.1. The second kappa shape index (κ2) is 9.83. The molecule has 3 aromatic rings. The van der Waals surface area contributed by atoms with Crippen LogP contribution in [0.5, 0.6) is 0 Å². The number of hydrogen-bond acceptors (Lipinski definition) is 11. The van der Waals surface area contributed by atoms with Crippen LogP contribution in [0.4, 0.5) is 5.13 Å². The zero-order valence-electron chi connectivity index (χ0n) is 18.8. The van der Waals surface area contributed by atoms with Gasteiger partial charge in [-0.3, -0.25) is 14.5 Å². The van der Waals surface area contributed by atoms with Crippen LogP contribution >= 0.6 is 34.4 Å².